The van der Waals surface area contributed by atoms with E-state index in [1.807, 2.05) is 30.6 Å². The lowest BCUT2D eigenvalue weighted by Crippen LogP contribution is -2.42. The van der Waals surface area contributed by atoms with Gasteiger partial charge in [0.15, 0.2) is 0 Å². The van der Waals surface area contributed by atoms with E-state index in [9.17, 15) is 14.7 Å². The Bertz CT molecular complexity index is 1780. The number of rotatable bonds is 7. The number of carbonyl (C=O) groups excluding carboxylic acids is 1. The third kappa shape index (κ3) is 7.84. The van der Waals surface area contributed by atoms with Crippen LogP contribution in [0.4, 0.5) is 22.0 Å². The lowest BCUT2D eigenvalue weighted by atomic mass is 9.77. The van der Waals surface area contributed by atoms with Gasteiger partial charge in [-0.25, -0.2) is 9.78 Å². The molecule has 4 saturated heterocycles. The Hall–Kier alpha value is -5.00. The van der Waals surface area contributed by atoms with Crippen LogP contribution in [-0.4, -0.2) is 88.7 Å². The fourth-order valence-corrected chi connectivity index (χ4v) is 8.51. The van der Waals surface area contributed by atoms with Crippen LogP contribution < -0.4 is 21.3 Å². The number of pyridine rings is 2. The van der Waals surface area contributed by atoms with E-state index in [1.54, 1.807) is 24.4 Å². The topological polar surface area (TPSA) is 140 Å². The number of benzene rings is 2. The molecule has 11 heteroatoms. The van der Waals surface area contributed by atoms with Crippen molar-refractivity contribution in [2.75, 3.05) is 61.8 Å². The number of aromatic nitrogens is 2. The van der Waals surface area contributed by atoms with E-state index in [1.165, 1.54) is 48.5 Å². The highest BCUT2D eigenvalue weighted by molar-refractivity contribution is 6.05. The smallest absolute Gasteiger partial charge is 0.407 e. The van der Waals surface area contributed by atoms with Gasteiger partial charge in [0.1, 0.15) is 5.82 Å². The van der Waals surface area contributed by atoms with Gasteiger partial charge >= 0.3 is 6.09 Å². The minimum Gasteiger partial charge on any atom is -0.465 e. The second kappa shape index (κ2) is 15.1. The number of carboxylic acid groups (broad SMARTS) is 1. The number of likely N-dealkylation sites (tertiary alicyclic amines) is 2. The normalized spacial score (nSPS) is 24.2. The molecule has 2 spiro atoms. The predicted octanol–water partition coefficient (Wildman–Crippen LogP) is 5.37. The summed E-state index contributed by atoms with van der Waals surface area (Å²) in [5.41, 5.74) is 10.7. The largest absolute Gasteiger partial charge is 0.465 e. The van der Waals surface area contributed by atoms with Gasteiger partial charge in [-0.2, -0.15) is 0 Å². The Morgan fingerprint density at radius 3 is 2.39 bits per heavy atom. The molecule has 0 bridgehead atoms. The number of nitrogens with zero attached hydrogens (tertiary/aromatic N) is 5. The first-order chi connectivity index (χ1) is 24.8. The summed E-state index contributed by atoms with van der Waals surface area (Å²) in [6.07, 6.45) is 10.2. The Kier molecular flexibility index (Phi) is 10.2. The molecule has 0 aliphatic carbocycles. The molecule has 51 heavy (non-hydrogen) atoms. The Balaban J connectivity index is 0.000000162. The van der Waals surface area contributed by atoms with E-state index in [4.69, 9.17) is 5.73 Å². The molecule has 11 nitrogen and oxygen atoms in total. The van der Waals surface area contributed by atoms with Crippen LogP contribution in [0.3, 0.4) is 0 Å². The van der Waals surface area contributed by atoms with Crippen molar-refractivity contribution < 1.29 is 14.7 Å². The SMILES string of the molecule is Nc1ccccc1NC(=O)c1ccc(N2CCC3(CCN(C(=O)O)C3)C2)nc1.c1ccc(CN2CCC3(CCNC3)C2Cc2cccnc2)cc1. The van der Waals surface area contributed by atoms with Gasteiger partial charge in [0.05, 0.1) is 16.9 Å². The molecule has 8 rings (SSSR count). The van der Waals surface area contributed by atoms with Crippen molar-refractivity contribution in [3.05, 3.63) is 114 Å². The van der Waals surface area contributed by atoms with Gasteiger partial charge < -0.3 is 31.3 Å². The zero-order valence-electron chi connectivity index (χ0n) is 29.1. The lowest BCUT2D eigenvalue weighted by molar-refractivity contribution is 0.102. The third-order valence-corrected chi connectivity index (χ3v) is 11.4. The molecule has 5 N–H and O–H groups in total. The number of anilines is 3. The highest BCUT2D eigenvalue weighted by Gasteiger charge is 2.48. The van der Waals surface area contributed by atoms with Crippen molar-refractivity contribution >= 4 is 29.2 Å². The number of carbonyl (C=O) groups is 2. The number of amides is 2. The fourth-order valence-electron chi connectivity index (χ4n) is 8.51. The van der Waals surface area contributed by atoms with Crippen LogP contribution in [0.15, 0.2) is 97.5 Å². The summed E-state index contributed by atoms with van der Waals surface area (Å²) in [6, 6.07) is 26.5. The Morgan fingerprint density at radius 2 is 1.69 bits per heavy atom. The van der Waals surface area contributed by atoms with Crippen molar-refractivity contribution in [1.82, 2.24) is 25.1 Å². The number of para-hydroxylation sites is 2. The highest BCUT2D eigenvalue weighted by Crippen LogP contribution is 2.44. The van der Waals surface area contributed by atoms with E-state index in [2.05, 4.69) is 72.9 Å². The third-order valence-electron chi connectivity index (χ3n) is 11.4. The Morgan fingerprint density at radius 1 is 0.882 bits per heavy atom. The quantitative estimate of drug-likeness (QED) is 0.189. The number of nitrogen functional groups attached to an aromatic ring is 1. The van der Waals surface area contributed by atoms with Gasteiger partial charge in [-0.05, 0) is 86.7 Å². The van der Waals surface area contributed by atoms with Crippen LogP contribution in [0.1, 0.15) is 47.2 Å². The van der Waals surface area contributed by atoms with Gasteiger partial charge in [0.2, 0.25) is 0 Å². The van der Waals surface area contributed by atoms with Crippen molar-refractivity contribution in [2.24, 2.45) is 10.8 Å². The monoisotopic (exact) mass is 688 g/mol. The first-order valence-corrected chi connectivity index (χ1v) is 18.0. The number of hydrogen-bond donors (Lipinski definition) is 4. The molecule has 2 aromatic carbocycles. The Labute approximate surface area is 299 Å². The van der Waals surface area contributed by atoms with Crippen LogP contribution in [0.5, 0.6) is 0 Å². The molecule has 4 aliphatic heterocycles. The standard InChI is InChI=1S/C20H23N5O3.C20H25N3/c21-15-3-1-2-4-16(15)23-18(26)14-5-6-17(22-11-14)24-9-7-20(12-24)8-10-25(13-20)19(27)28;1-2-5-17(6-3-1)15-23-12-9-20(8-11-22-16-20)19(23)13-18-7-4-10-21-14-18/h1-6,11H,7-10,12-13,21H2,(H,23,26)(H,27,28);1-7,10,14,19,22H,8-9,11-13,15-16H2. The van der Waals surface area contributed by atoms with Gasteiger partial charge in [0, 0.05) is 74.7 Å². The molecule has 6 heterocycles. The number of nitrogens with one attached hydrogen (secondary N) is 2. The molecular formula is C40H48N8O3. The molecule has 0 radical (unpaired) electrons. The minimum atomic E-state index is -0.845. The van der Waals surface area contributed by atoms with Crippen LogP contribution in [-0.2, 0) is 13.0 Å². The minimum absolute atomic E-state index is 0.0148. The summed E-state index contributed by atoms with van der Waals surface area (Å²) in [5.74, 6) is 0.546. The molecule has 4 fully saturated rings. The van der Waals surface area contributed by atoms with Gasteiger partial charge in [-0.15, -0.1) is 0 Å². The summed E-state index contributed by atoms with van der Waals surface area (Å²) in [5, 5.41) is 15.6. The van der Waals surface area contributed by atoms with Crippen LogP contribution >= 0.6 is 0 Å². The van der Waals surface area contributed by atoms with Crippen molar-refractivity contribution in [2.45, 2.75) is 44.7 Å². The second-order valence-electron chi connectivity index (χ2n) is 14.6. The van der Waals surface area contributed by atoms with E-state index >= 15 is 0 Å². The van der Waals surface area contributed by atoms with Gasteiger partial charge in [-0.1, -0.05) is 48.5 Å². The first-order valence-electron chi connectivity index (χ1n) is 18.0. The average Bonchev–Trinajstić information content (AvgIpc) is 3.97. The number of nitrogens with two attached hydrogens (primary N) is 1. The summed E-state index contributed by atoms with van der Waals surface area (Å²) in [6.45, 7) is 7.42. The van der Waals surface area contributed by atoms with Gasteiger partial charge in [0.25, 0.3) is 5.91 Å². The molecule has 4 aliphatic rings. The maximum absolute atomic E-state index is 12.4. The second-order valence-corrected chi connectivity index (χ2v) is 14.6. The maximum Gasteiger partial charge on any atom is 0.407 e. The van der Waals surface area contributed by atoms with Gasteiger partial charge in [-0.3, -0.25) is 14.7 Å². The van der Waals surface area contributed by atoms with Crippen LogP contribution in [0, 0.1) is 10.8 Å². The van der Waals surface area contributed by atoms with E-state index in [0.717, 1.165) is 44.7 Å². The first kappa shape index (κ1) is 34.4. The molecule has 4 aromatic rings. The van der Waals surface area contributed by atoms with Crippen molar-refractivity contribution in [3.8, 4) is 0 Å². The predicted molar refractivity (Wildman–Crippen MR) is 200 cm³/mol. The lowest BCUT2D eigenvalue weighted by Gasteiger charge is -2.35. The number of hydrogen-bond acceptors (Lipinski definition) is 8. The summed E-state index contributed by atoms with van der Waals surface area (Å²) in [7, 11) is 0. The summed E-state index contributed by atoms with van der Waals surface area (Å²) in [4.78, 5) is 38.8. The summed E-state index contributed by atoms with van der Waals surface area (Å²) >= 11 is 0. The van der Waals surface area contributed by atoms with E-state index in [-0.39, 0.29) is 11.3 Å². The van der Waals surface area contributed by atoms with E-state index in [0.29, 0.717) is 41.5 Å². The van der Waals surface area contributed by atoms with Crippen LogP contribution in [0.25, 0.3) is 0 Å². The molecule has 2 amide bonds. The molecule has 3 atom stereocenters. The van der Waals surface area contributed by atoms with E-state index < -0.39 is 6.09 Å². The fraction of sp³-hybridized carbons (Fsp3) is 0.400. The van der Waals surface area contributed by atoms with Crippen LogP contribution in [0.2, 0.25) is 0 Å². The molecular weight excluding hydrogens is 640 g/mol. The highest BCUT2D eigenvalue weighted by atomic mass is 16.4. The maximum atomic E-state index is 12.4. The average molecular weight is 689 g/mol. The molecule has 3 unspecified atom stereocenters. The van der Waals surface area contributed by atoms with Crippen molar-refractivity contribution in [3.63, 3.8) is 0 Å². The molecule has 266 valence electrons. The zero-order chi connectivity index (χ0) is 35.3. The molecule has 2 aromatic heterocycles. The van der Waals surface area contributed by atoms with Crippen molar-refractivity contribution in [1.29, 1.82) is 0 Å². The molecule has 0 saturated carbocycles. The zero-order valence-corrected chi connectivity index (χ0v) is 29.1. The summed E-state index contributed by atoms with van der Waals surface area (Å²) < 4.78 is 0.